The van der Waals surface area contributed by atoms with Crippen molar-refractivity contribution in [3.8, 4) is 0 Å². The van der Waals surface area contributed by atoms with E-state index >= 15 is 0 Å². The SMILES string of the molecule is CC1CN(C(=O)C2CCCCCN2)C(C)CO1. The number of rotatable bonds is 1. The number of carbonyl (C=O) groups is 1. The molecule has 2 aliphatic rings. The molecule has 0 aromatic rings. The molecule has 3 atom stereocenters. The van der Waals surface area contributed by atoms with Crippen molar-refractivity contribution in [1.29, 1.82) is 0 Å². The Hall–Kier alpha value is -0.610. The molecule has 2 rings (SSSR count). The molecule has 2 aliphatic heterocycles. The quantitative estimate of drug-likeness (QED) is 0.747. The lowest BCUT2D eigenvalue weighted by molar-refractivity contribution is -0.145. The Kier molecular flexibility index (Phi) is 4.40. The van der Waals surface area contributed by atoms with E-state index < -0.39 is 0 Å². The highest BCUT2D eigenvalue weighted by Crippen LogP contribution is 2.16. The second kappa shape index (κ2) is 5.83. The molecule has 2 heterocycles. The first-order valence-corrected chi connectivity index (χ1v) is 6.84. The maximum absolute atomic E-state index is 12.5. The number of hydrogen-bond donors (Lipinski definition) is 1. The molecule has 17 heavy (non-hydrogen) atoms. The summed E-state index contributed by atoms with van der Waals surface area (Å²) in [5.74, 6) is 0.273. The minimum atomic E-state index is 0.0326. The topological polar surface area (TPSA) is 41.6 Å². The van der Waals surface area contributed by atoms with E-state index in [0.29, 0.717) is 6.61 Å². The first-order valence-electron chi connectivity index (χ1n) is 6.84. The minimum absolute atomic E-state index is 0.0326. The normalized spacial score (nSPS) is 35.4. The van der Waals surface area contributed by atoms with Crippen molar-refractivity contribution >= 4 is 5.91 Å². The van der Waals surface area contributed by atoms with Crippen LogP contribution in [0, 0.1) is 0 Å². The van der Waals surface area contributed by atoms with Gasteiger partial charge in [-0.25, -0.2) is 0 Å². The van der Waals surface area contributed by atoms with Crippen molar-refractivity contribution in [1.82, 2.24) is 10.2 Å². The van der Waals surface area contributed by atoms with Crippen LogP contribution in [0.4, 0.5) is 0 Å². The van der Waals surface area contributed by atoms with Gasteiger partial charge >= 0.3 is 0 Å². The highest BCUT2D eigenvalue weighted by Gasteiger charge is 2.32. The van der Waals surface area contributed by atoms with E-state index in [2.05, 4.69) is 12.2 Å². The van der Waals surface area contributed by atoms with Gasteiger partial charge < -0.3 is 15.0 Å². The number of morpholine rings is 1. The van der Waals surface area contributed by atoms with Gasteiger partial charge in [0.05, 0.1) is 24.8 Å². The first kappa shape index (κ1) is 12.8. The van der Waals surface area contributed by atoms with Gasteiger partial charge in [0.25, 0.3) is 0 Å². The van der Waals surface area contributed by atoms with Gasteiger partial charge in [-0.2, -0.15) is 0 Å². The average molecular weight is 240 g/mol. The molecule has 0 saturated carbocycles. The molecule has 3 unspecified atom stereocenters. The number of nitrogens with zero attached hydrogens (tertiary/aromatic N) is 1. The Labute approximate surface area is 104 Å². The summed E-state index contributed by atoms with van der Waals surface area (Å²) in [4.78, 5) is 14.5. The van der Waals surface area contributed by atoms with Gasteiger partial charge in [-0.15, -0.1) is 0 Å². The van der Waals surface area contributed by atoms with E-state index in [9.17, 15) is 4.79 Å². The lowest BCUT2D eigenvalue weighted by atomic mass is 10.1. The van der Waals surface area contributed by atoms with Crippen LogP contribution in [0.25, 0.3) is 0 Å². The zero-order chi connectivity index (χ0) is 12.3. The first-order chi connectivity index (χ1) is 8.18. The van der Waals surface area contributed by atoms with E-state index in [4.69, 9.17) is 4.74 Å². The monoisotopic (exact) mass is 240 g/mol. The molecule has 0 radical (unpaired) electrons. The third-order valence-corrected chi connectivity index (χ3v) is 3.75. The summed E-state index contributed by atoms with van der Waals surface area (Å²) in [7, 11) is 0. The van der Waals surface area contributed by atoms with Crippen molar-refractivity contribution in [2.45, 2.75) is 57.7 Å². The number of hydrogen-bond acceptors (Lipinski definition) is 3. The van der Waals surface area contributed by atoms with Gasteiger partial charge in [-0.1, -0.05) is 12.8 Å². The van der Waals surface area contributed by atoms with Gasteiger partial charge in [-0.3, -0.25) is 4.79 Å². The lowest BCUT2D eigenvalue weighted by Crippen LogP contribution is -2.55. The third-order valence-electron chi connectivity index (χ3n) is 3.75. The highest BCUT2D eigenvalue weighted by atomic mass is 16.5. The molecule has 2 fully saturated rings. The second-order valence-electron chi connectivity index (χ2n) is 5.34. The maximum Gasteiger partial charge on any atom is 0.240 e. The van der Waals surface area contributed by atoms with Crippen LogP contribution < -0.4 is 5.32 Å². The molecular formula is C13H24N2O2. The fraction of sp³-hybridized carbons (Fsp3) is 0.923. The summed E-state index contributed by atoms with van der Waals surface area (Å²) >= 11 is 0. The van der Waals surface area contributed by atoms with Crippen molar-refractivity contribution in [3.05, 3.63) is 0 Å². The van der Waals surface area contributed by atoms with Crippen LogP contribution in [0.5, 0.6) is 0 Å². The van der Waals surface area contributed by atoms with Gasteiger partial charge in [0.15, 0.2) is 0 Å². The maximum atomic E-state index is 12.5. The Morgan fingerprint density at radius 1 is 1.29 bits per heavy atom. The van der Waals surface area contributed by atoms with Gasteiger partial charge in [0.1, 0.15) is 0 Å². The summed E-state index contributed by atoms with van der Waals surface area (Å²) in [5.41, 5.74) is 0. The Bertz CT molecular complexity index is 262. The predicted molar refractivity (Wildman–Crippen MR) is 66.8 cm³/mol. The van der Waals surface area contributed by atoms with Gasteiger partial charge in [0.2, 0.25) is 5.91 Å². The molecule has 1 N–H and O–H groups in total. The average Bonchev–Trinajstić information content (AvgIpc) is 2.60. The van der Waals surface area contributed by atoms with Crippen LogP contribution in [-0.4, -0.2) is 48.7 Å². The van der Waals surface area contributed by atoms with Crippen molar-refractivity contribution < 1.29 is 9.53 Å². The molecule has 0 spiro atoms. The zero-order valence-corrected chi connectivity index (χ0v) is 10.9. The summed E-state index contributed by atoms with van der Waals surface area (Å²) in [6.07, 6.45) is 4.75. The standard InChI is InChI=1S/C13H24N2O2/c1-10-9-17-11(2)8-15(10)13(16)12-6-4-3-5-7-14-12/h10-12,14H,3-9H2,1-2H3. The van der Waals surface area contributed by atoms with Crippen LogP contribution in [0.15, 0.2) is 0 Å². The largest absolute Gasteiger partial charge is 0.375 e. The predicted octanol–water partition coefficient (Wildman–Crippen LogP) is 1.15. The van der Waals surface area contributed by atoms with Crippen LogP contribution >= 0.6 is 0 Å². The molecule has 2 saturated heterocycles. The Balaban J connectivity index is 1.96. The molecular weight excluding hydrogens is 216 g/mol. The number of amides is 1. The zero-order valence-electron chi connectivity index (χ0n) is 10.9. The molecule has 0 aromatic heterocycles. The van der Waals surface area contributed by atoms with Crippen molar-refractivity contribution in [2.75, 3.05) is 19.7 Å². The fourth-order valence-electron chi connectivity index (χ4n) is 2.65. The molecule has 98 valence electrons. The van der Waals surface area contributed by atoms with E-state index in [0.717, 1.165) is 25.9 Å². The van der Waals surface area contributed by atoms with Crippen molar-refractivity contribution in [2.24, 2.45) is 0 Å². The molecule has 1 amide bonds. The Morgan fingerprint density at radius 2 is 2.12 bits per heavy atom. The van der Waals surface area contributed by atoms with Crippen LogP contribution in [0.3, 0.4) is 0 Å². The third kappa shape index (κ3) is 3.19. The van der Waals surface area contributed by atoms with E-state index in [-0.39, 0.29) is 24.1 Å². The summed E-state index contributed by atoms with van der Waals surface area (Å²) in [5, 5.41) is 3.38. The van der Waals surface area contributed by atoms with Crippen LogP contribution in [-0.2, 0) is 9.53 Å². The number of nitrogens with one attached hydrogen (secondary N) is 1. The highest BCUT2D eigenvalue weighted by molar-refractivity contribution is 5.82. The minimum Gasteiger partial charge on any atom is -0.375 e. The van der Waals surface area contributed by atoms with Crippen molar-refractivity contribution in [3.63, 3.8) is 0 Å². The van der Waals surface area contributed by atoms with Gasteiger partial charge in [-0.05, 0) is 33.2 Å². The van der Waals surface area contributed by atoms with E-state index in [1.165, 1.54) is 12.8 Å². The summed E-state index contributed by atoms with van der Waals surface area (Å²) < 4.78 is 5.57. The Morgan fingerprint density at radius 3 is 2.94 bits per heavy atom. The second-order valence-corrected chi connectivity index (χ2v) is 5.34. The molecule has 0 aliphatic carbocycles. The van der Waals surface area contributed by atoms with Crippen LogP contribution in [0.1, 0.15) is 39.5 Å². The van der Waals surface area contributed by atoms with E-state index in [1.807, 2.05) is 11.8 Å². The summed E-state index contributed by atoms with van der Waals surface area (Å²) in [6.45, 7) is 6.48. The fourth-order valence-corrected chi connectivity index (χ4v) is 2.65. The van der Waals surface area contributed by atoms with Crippen LogP contribution in [0.2, 0.25) is 0 Å². The number of ether oxygens (including phenoxy) is 1. The van der Waals surface area contributed by atoms with E-state index in [1.54, 1.807) is 0 Å². The van der Waals surface area contributed by atoms with Gasteiger partial charge in [0, 0.05) is 6.54 Å². The molecule has 4 nitrogen and oxygen atoms in total. The smallest absolute Gasteiger partial charge is 0.240 e. The molecule has 0 aromatic carbocycles. The molecule has 0 bridgehead atoms. The number of carbonyl (C=O) groups excluding carboxylic acids is 1. The molecule has 4 heteroatoms. The lowest BCUT2D eigenvalue weighted by Gasteiger charge is -2.38. The summed E-state index contributed by atoms with van der Waals surface area (Å²) in [6, 6.07) is 0.244.